The lowest BCUT2D eigenvalue weighted by Gasteiger charge is -2.29. The van der Waals surface area contributed by atoms with Gasteiger partial charge in [-0.3, -0.25) is 4.98 Å². The molecular formula is C16H22Cl2N4O. The molecule has 0 atom stereocenters. The lowest BCUT2D eigenvalue weighted by molar-refractivity contribution is 0.185. The largest absolute Gasteiger partial charge is 0.380 e. The maximum Gasteiger partial charge on any atom is 0.155 e. The van der Waals surface area contributed by atoms with E-state index < -0.39 is 0 Å². The molecule has 0 saturated carbocycles. The van der Waals surface area contributed by atoms with Gasteiger partial charge >= 0.3 is 0 Å². The van der Waals surface area contributed by atoms with Gasteiger partial charge in [-0.1, -0.05) is 24.3 Å². The summed E-state index contributed by atoms with van der Waals surface area (Å²) in [5.41, 5.74) is 3.20. The SMILES string of the molecule is COCc1ccc(-c2nccnc2N2CCNCC2)cc1.Cl.Cl. The van der Waals surface area contributed by atoms with Gasteiger partial charge in [0, 0.05) is 51.2 Å². The number of methoxy groups -OCH3 is 1. The first-order valence-electron chi connectivity index (χ1n) is 7.23. The first-order valence-corrected chi connectivity index (χ1v) is 7.23. The molecule has 1 aliphatic heterocycles. The second-order valence-corrected chi connectivity index (χ2v) is 5.10. The van der Waals surface area contributed by atoms with Crippen LogP contribution in [0.3, 0.4) is 0 Å². The van der Waals surface area contributed by atoms with Gasteiger partial charge in [0.1, 0.15) is 5.69 Å². The molecule has 1 aliphatic rings. The zero-order valence-electron chi connectivity index (χ0n) is 13.1. The number of aromatic nitrogens is 2. The van der Waals surface area contributed by atoms with Crippen molar-refractivity contribution in [2.75, 3.05) is 38.2 Å². The minimum absolute atomic E-state index is 0. The van der Waals surface area contributed by atoms with Crippen molar-refractivity contribution >= 4 is 30.6 Å². The lowest BCUT2D eigenvalue weighted by Crippen LogP contribution is -2.44. The predicted molar refractivity (Wildman–Crippen MR) is 97.8 cm³/mol. The van der Waals surface area contributed by atoms with E-state index in [9.17, 15) is 0 Å². The molecule has 1 aromatic heterocycles. The van der Waals surface area contributed by atoms with E-state index in [2.05, 4.69) is 44.5 Å². The van der Waals surface area contributed by atoms with Crippen LogP contribution in [-0.2, 0) is 11.3 Å². The highest BCUT2D eigenvalue weighted by molar-refractivity contribution is 5.85. The number of nitrogens with zero attached hydrogens (tertiary/aromatic N) is 3. The van der Waals surface area contributed by atoms with Crippen LogP contribution in [0.4, 0.5) is 5.82 Å². The summed E-state index contributed by atoms with van der Waals surface area (Å²) < 4.78 is 5.15. The third-order valence-corrected chi connectivity index (χ3v) is 3.63. The predicted octanol–water partition coefficient (Wildman–Crippen LogP) is 2.54. The summed E-state index contributed by atoms with van der Waals surface area (Å²) in [7, 11) is 1.71. The summed E-state index contributed by atoms with van der Waals surface area (Å²) in [4.78, 5) is 11.4. The molecule has 7 heteroatoms. The Kier molecular flexibility index (Phi) is 8.26. The number of halogens is 2. The molecule has 0 unspecified atom stereocenters. The molecule has 0 amide bonds. The van der Waals surface area contributed by atoms with E-state index in [1.54, 1.807) is 19.5 Å². The molecule has 3 rings (SSSR count). The summed E-state index contributed by atoms with van der Waals surface area (Å²) in [5, 5.41) is 3.36. The van der Waals surface area contributed by atoms with Crippen molar-refractivity contribution in [3.63, 3.8) is 0 Å². The van der Waals surface area contributed by atoms with E-state index >= 15 is 0 Å². The van der Waals surface area contributed by atoms with Gasteiger partial charge in [-0.15, -0.1) is 24.8 Å². The summed E-state index contributed by atoms with van der Waals surface area (Å²) in [5.74, 6) is 0.971. The van der Waals surface area contributed by atoms with Crippen LogP contribution < -0.4 is 10.2 Å². The second-order valence-electron chi connectivity index (χ2n) is 5.10. The molecule has 2 heterocycles. The van der Waals surface area contributed by atoms with Gasteiger partial charge in [0.25, 0.3) is 0 Å². The van der Waals surface area contributed by atoms with Gasteiger partial charge in [-0.05, 0) is 5.56 Å². The minimum atomic E-state index is 0. The summed E-state index contributed by atoms with van der Waals surface area (Å²) >= 11 is 0. The Labute approximate surface area is 149 Å². The van der Waals surface area contributed by atoms with Crippen LogP contribution in [0.25, 0.3) is 11.3 Å². The van der Waals surface area contributed by atoms with Crippen molar-refractivity contribution in [1.29, 1.82) is 0 Å². The zero-order valence-corrected chi connectivity index (χ0v) is 14.7. The zero-order chi connectivity index (χ0) is 14.5. The Morgan fingerprint density at radius 2 is 1.70 bits per heavy atom. The topological polar surface area (TPSA) is 50.3 Å². The van der Waals surface area contributed by atoms with Gasteiger partial charge in [0.2, 0.25) is 0 Å². The van der Waals surface area contributed by atoms with E-state index in [1.165, 1.54) is 0 Å². The number of hydrogen-bond donors (Lipinski definition) is 1. The van der Waals surface area contributed by atoms with Crippen LogP contribution in [0.1, 0.15) is 5.56 Å². The maximum absolute atomic E-state index is 5.15. The Balaban J connectivity index is 0.00000132. The van der Waals surface area contributed by atoms with Crippen LogP contribution in [-0.4, -0.2) is 43.3 Å². The molecule has 1 fully saturated rings. The Bertz CT molecular complexity index is 589. The Morgan fingerprint density at radius 3 is 2.35 bits per heavy atom. The van der Waals surface area contributed by atoms with Crippen LogP contribution in [0, 0.1) is 0 Å². The van der Waals surface area contributed by atoms with E-state index in [0.29, 0.717) is 6.61 Å². The normalized spacial score (nSPS) is 13.9. The lowest BCUT2D eigenvalue weighted by atomic mass is 10.1. The van der Waals surface area contributed by atoms with Gasteiger partial charge in [0.05, 0.1) is 6.61 Å². The molecule has 23 heavy (non-hydrogen) atoms. The highest BCUT2D eigenvalue weighted by atomic mass is 35.5. The minimum Gasteiger partial charge on any atom is -0.380 e. The first kappa shape index (κ1) is 19.6. The molecule has 0 spiro atoms. The number of rotatable bonds is 4. The van der Waals surface area contributed by atoms with Crippen molar-refractivity contribution in [3.8, 4) is 11.3 Å². The molecular weight excluding hydrogens is 335 g/mol. The van der Waals surface area contributed by atoms with Crippen LogP contribution in [0.5, 0.6) is 0 Å². The Hall–Kier alpha value is -1.40. The van der Waals surface area contributed by atoms with Crippen molar-refractivity contribution < 1.29 is 4.74 Å². The van der Waals surface area contributed by atoms with Gasteiger partial charge in [0.15, 0.2) is 5.82 Å². The molecule has 2 aromatic rings. The van der Waals surface area contributed by atoms with Crippen LogP contribution in [0.2, 0.25) is 0 Å². The summed E-state index contributed by atoms with van der Waals surface area (Å²) in [6.45, 7) is 4.54. The average molecular weight is 357 g/mol. The fourth-order valence-corrected chi connectivity index (χ4v) is 2.57. The summed E-state index contributed by atoms with van der Waals surface area (Å²) in [6, 6.07) is 8.33. The van der Waals surface area contributed by atoms with Gasteiger partial charge in [-0.2, -0.15) is 0 Å². The molecule has 0 aliphatic carbocycles. The standard InChI is InChI=1S/C16H20N4O.2ClH/c1-21-12-13-2-4-14(5-3-13)15-16(19-7-6-18-15)20-10-8-17-9-11-20;;/h2-7,17H,8-12H2,1H3;2*1H. The van der Waals surface area contributed by atoms with Crippen molar-refractivity contribution in [2.24, 2.45) is 0 Å². The smallest absolute Gasteiger partial charge is 0.155 e. The first-order chi connectivity index (χ1) is 10.4. The van der Waals surface area contributed by atoms with Crippen molar-refractivity contribution in [3.05, 3.63) is 42.2 Å². The molecule has 0 bridgehead atoms. The molecule has 126 valence electrons. The fraction of sp³-hybridized carbons (Fsp3) is 0.375. The second kappa shape index (κ2) is 9.67. The van der Waals surface area contributed by atoms with E-state index in [-0.39, 0.29) is 24.8 Å². The third-order valence-electron chi connectivity index (χ3n) is 3.63. The number of piperazine rings is 1. The molecule has 0 radical (unpaired) electrons. The average Bonchev–Trinajstić information content (AvgIpc) is 2.57. The van der Waals surface area contributed by atoms with E-state index in [0.717, 1.165) is 48.8 Å². The van der Waals surface area contributed by atoms with E-state index in [1.807, 2.05) is 0 Å². The van der Waals surface area contributed by atoms with Gasteiger partial charge < -0.3 is 15.0 Å². The van der Waals surface area contributed by atoms with E-state index in [4.69, 9.17) is 4.74 Å². The molecule has 1 saturated heterocycles. The number of ether oxygens (including phenoxy) is 1. The maximum atomic E-state index is 5.15. The number of hydrogen-bond acceptors (Lipinski definition) is 5. The van der Waals surface area contributed by atoms with Crippen LogP contribution >= 0.6 is 24.8 Å². The summed E-state index contributed by atoms with van der Waals surface area (Å²) in [6.07, 6.45) is 3.52. The highest BCUT2D eigenvalue weighted by Crippen LogP contribution is 2.27. The molecule has 5 nitrogen and oxygen atoms in total. The Morgan fingerprint density at radius 1 is 1.04 bits per heavy atom. The highest BCUT2D eigenvalue weighted by Gasteiger charge is 2.17. The fourth-order valence-electron chi connectivity index (χ4n) is 2.57. The van der Waals surface area contributed by atoms with Crippen LogP contribution in [0.15, 0.2) is 36.7 Å². The third kappa shape index (κ3) is 4.78. The number of anilines is 1. The quantitative estimate of drug-likeness (QED) is 0.912. The monoisotopic (exact) mass is 356 g/mol. The number of benzene rings is 1. The molecule has 1 N–H and O–H groups in total. The van der Waals surface area contributed by atoms with Gasteiger partial charge in [-0.25, -0.2) is 4.98 Å². The van der Waals surface area contributed by atoms with Crippen molar-refractivity contribution in [2.45, 2.75) is 6.61 Å². The number of nitrogens with one attached hydrogen (secondary N) is 1. The van der Waals surface area contributed by atoms with Crippen molar-refractivity contribution in [1.82, 2.24) is 15.3 Å². The molecule has 1 aromatic carbocycles.